The molecule has 5 heteroatoms. The van der Waals surface area contributed by atoms with Gasteiger partial charge in [-0.2, -0.15) is 0 Å². The molecule has 0 bridgehead atoms. The van der Waals surface area contributed by atoms with Crippen molar-refractivity contribution in [3.05, 3.63) is 34.3 Å². The first kappa shape index (κ1) is 14.5. The van der Waals surface area contributed by atoms with Crippen molar-refractivity contribution in [2.75, 3.05) is 26.3 Å². The minimum atomic E-state index is -0.781. The maximum Gasteiger partial charge on any atom is 0.305 e. The van der Waals surface area contributed by atoms with Gasteiger partial charge < -0.3 is 9.84 Å². The fraction of sp³-hybridized carbons (Fsp3) is 0.500. The third-order valence-electron chi connectivity index (χ3n) is 3.67. The van der Waals surface area contributed by atoms with Crippen LogP contribution in [0.3, 0.4) is 0 Å². The van der Waals surface area contributed by atoms with Gasteiger partial charge in [-0.15, -0.1) is 0 Å². The summed E-state index contributed by atoms with van der Waals surface area (Å²) < 4.78 is 6.35. The van der Waals surface area contributed by atoms with E-state index in [0.717, 1.165) is 23.1 Å². The van der Waals surface area contributed by atoms with Crippen molar-refractivity contribution in [3.8, 4) is 0 Å². The Balaban J connectivity index is 2.32. The number of hydrogen-bond acceptors (Lipinski definition) is 3. The molecular formula is C14H18BrNO3. The van der Waals surface area contributed by atoms with Crippen LogP contribution in [-0.4, -0.2) is 42.3 Å². The molecular weight excluding hydrogens is 310 g/mol. The van der Waals surface area contributed by atoms with Crippen LogP contribution >= 0.6 is 15.9 Å². The minimum absolute atomic E-state index is 0.0919. The summed E-state index contributed by atoms with van der Waals surface area (Å²) in [7, 11) is 0. The Kier molecular flexibility index (Phi) is 4.60. The number of morpholine rings is 1. The molecule has 1 aliphatic rings. The quantitative estimate of drug-likeness (QED) is 0.923. The van der Waals surface area contributed by atoms with E-state index in [-0.39, 0.29) is 6.42 Å². The van der Waals surface area contributed by atoms with E-state index in [0.29, 0.717) is 13.2 Å². The highest BCUT2D eigenvalue weighted by atomic mass is 79.9. The molecule has 0 aliphatic carbocycles. The predicted molar refractivity (Wildman–Crippen MR) is 76.1 cm³/mol. The molecule has 1 aromatic carbocycles. The van der Waals surface area contributed by atoms with Gasteiger partial charge in [-0.3, -0.25) is 9.69 Å². The molecule has 0 aromatic heterocycles. The van der Waals surface area contributed by atoms with Crippen LogP contribution < -0.4 is 0 Å². The van der Waals surface area contributed by atoms with Crippen molar-refractivity contribution in [1.29, 1.82) is 0 Å². The normalized spacial score (nSPS) is 19.9. The molecule has 1 fully saturated rings. The summed E-state index contributed by atoms with van der Waals surface area (Å²) >= 11 is 3.41. The molecule has 1 unspecified atom stereocenters. The largest absolute Gasteiger partial charge is 0.481 e. The number of aliphatic carboxylic acids is 1. The highest BCUT2D eigenvalue weighted by molar-refractivity contribution is 9.10. The van der Waals surface area contributed by atoms with E-state index < -0.39 is 11.5 Å². The number of carboxylic acid groups (broad SMARTS) is 1. The number of hydrogen-bond donors (Lipinski definition) is 1. The van der Waals surface area contributed by atoms with Gasteiger partial charge in [0.1, 0.15) is 0 Å². The van der Waals surface area contributed by atoms with Gasteiger partial charge in [0, 0.05) is 17.6 Å². The van der Waals surface area contributed by atoms with Crippen molar-refractivity contribution < 1.29 is 14.6 Å². The molecule has 1 N–H and O–H groups in total. The maximum atomic E-state index is 11.2. The van der Waals surface area contributed by atoms with Crippen LogP contribution in [0.4, 0.5) is 0 Å². The third kappa shape index (κ3) is 3.35. The minimum Gasteiger partial charge on any atom is -0.481 e. The van der Waals surface area contributed by atoms with E-state index in [9.17, 15) is 9.90 Å². The summed E-state index contributed by atoms with van der Waals surface area (Å²) in [5, 5.41) is 9.23. The van der Waals surface area contributed by atoms with Gasteiger partial charge >= 0.3 is 5.97 Å². The molecule has 1 heterocycles. The van der Waals surface area contributed by atoms with Crippen LogP contribution in [0.2, 0.25) is 0 Å². The molecule has 4 nitrogen and oxygen atoms in total. The number of ether oxygens (including phenoxy) is 1. The number of benzene rings is 1. The van der Waals surface area contributed by atoms with Gasteiger partial charge in [-0.25, -0.2) is 0 Å². The first-order valence-electron chi connectivity index (χ1n) is 6.33. The van der Waals surface area contributed by atoms with Gasteiger partial charge in [0.2, 0.25) is 0 Å². The summed E-state index contributed by atoms with van der Waals surface area (Å²) in [6, 6.07) is 7.89. The van der Waals surface area contributed by atoms with Crippen LogP contribution in [0, 0.1) is 0 Å². The molecule has 1 aliphatic heterocycles. The molecule has 1 aromatic rings. The Morgan fingerprint density at radius 1 is 1.37 bits per heavy atom. The SMILES string of the molecule is CC(CC(=O)O)(c1ccc(Br)cc1)N1CCOCC1. The van der Waals surface area contributed by atoms with E-state index in [2.05, 4.69) is 20.8 Å². The summed E-state index contributed by atoms with van der Waals surface area (Å²) in [5.74, 6) is -0.781. The Morgan fingerprint density at radius 2 is 1.95 bits per heavy atom. The summed E-state index contributed by atoms with van der Waals surface area (Å²) in [6.45, 7) is 4.84. The Labute approximate surface area is 121 Å². The van der Waals surface area contributed by atoms with Crippen LogP contribution in [0.25, 0.3) is 0 Å². The first-order valence-corrected chi connectivity index (χ1v) is 7.12. The summed E-state index contributed by atoms with van der Waals surface area (Å²) in [4.78, 5) is 13.4. The fourth-order valence-electron chi connectivity index (χ4n) is 2.56. The number of carboxylic acids is 1. The molecule has 0 radical (unpaired) electrons. The average molecular weight is 328 g/mol. The summed E-state index contributed by atoms with van der Waals surface area (Å²) in [6.07, 6.45) is 0.0919. The van der Waals surface area contributed by atoms with Crippen LogP contribution in [0.5, 0.6) is 0 Å². The standard InChI is InChI=1S/C14H18BrNO3/c1-14(10-13(17)18,16-6-8-19-9-7-16)11-2-4-12(15)5-3-11/h2-5H,6-10H2,1H3,(H,17,18). The Bertz CT molecular complexity index is 443. The zero-order valence-corrected chi connectivity index (χ0v) is 12.5. The van der Waals surface area contributed by atoms with E-state index in [1.165, 1.54) is 0 Å². The molecule has 0 saturated carbocycles. The highest BCUT2D eigenvalue weighted by Crippen LogP contribution is 2.33. The van der Waals surface area contributed by atoms with Gasteiger partial charge in [0.05, 0.1) is 25.2 Å². The molecule has 0 amide bonds. The number of halogens is 1. The van der Waals surface area contributed by atoms with E-state index in [1.807, 2.05) is 31.2 Å². The van der Waals surface area contributed by atoms with E-state index in [1.54, 1.807) is 0 Å². The third-order valence-corrected chi connectivity index (χ3v) is 4.20. The van der Waals surface area contributed by atoms with Crippen LogP contribution in [0.1, 0.15) is 18.9 Å². The lowest BCUT2D eigenvalue weighted by Gasteiger charge is -2.43. The van der Waals surface area contributed by atoms with Crippen molar-refractivity contribution in [2.45, 2.75) is 18.9 Å². The molecule has 0 spiro atoms. The second-order valence-electron chi connectivity index (χ2n) is 4.95. The number of nitrogens with zero attached hydrogens (tertiary/aromatic N) is 1. The van der Waals surface area contributed by atoms with Gasteiger partial charge in [0.15, 0.2) is 0 Å². The van der Waals surface area contributed by atoms with Crippen LogP contribution in [-0.2, 0) is 15.1 Å². The maximum absolute atomic E-state index is 11.2. The second-order valence-corrected chi connectivity index (χ2v) is 5.87. The lowest BCUT2D eigenvalue weighted by Crippen LogP contribution is -2.50. The molecule has 1 saturated heterocycles. The van der Waals surface area contributed by atoms with Gasteiger partial charge in [-0.1, -0.05) is 28.1 Å². The van der Waals surface area contributed by atoms with Crippen molar-refractivity contribution in [3.63, 3.8) is 0 Å². The fourth-order valence-corrected chi connectivity index (χ4v) is 2.82. The zero-order chi connectivity index (χ0) is 13.9. The highest BCUT2D eigenvalue weighted by Gasteiger charge is 2.36. The van der Waals surface area contributed by atoms with Gasteiger partial charge in [-0.05, 0) is 24.6 Å². The Hall–Kier alpha value is -0.910. The second kappa shape index (κ2) is 6.03. The summed E-state index contributed by atoms with van der Waals surface area (Å²) in [5.41, 5.74) is 0.538. The van der Waals surface area contributed by atoms with Gasteiger partial charge in [0.25, 0.3) is 0 Å². The van der Waals surface area contributed by atoms with Crippen molar-refractivity contribution >= 4 is 21.9 Å². The van der Waals surface area contributed by atoms with E-state index >= 15 is 0 Å². The Morgan fingerprint density at radius 3 is 2.47 bits per heavy atom. The molecule has 2 rings (SSSR count). The lowest BCUT2D eigenvalue weighted by atomic mass is 9.86. The molecule has 1 atom stereocenters. The lowest BCUT2D eigenvalue weighted by molar-refractivity contribution is -0.141. The van der Waals surface area contributed by atoms with Crippen LogP contribution in [0.15, 0.2) is 28.7 Å². The first-order chi connectivity index (χ1) is 9.02. The molecule has 19 heavy (non-hydrogen) atoms. The average Bonchev–Trinajstić information content (AvgIpc) is 2.39. The van der Waals surface area contributed by atoms with E-state index in [4.69, 9.17) is 4.74 Å². The topological polar surface area (TPSA) is 49.8 Å². The smallest absolute Gasteiger partial charge is 0.305 e. The zero-order valence-electron chi connectivity index (χ0n) is 10.9. The molecule has 104 valence electrons. The monoisotopic (exact) mass is 327 g/mol. The van der Waals surface area contributed by atoms with Crippen molar-refractivity contribution in [1.82, 2.24) is 4.90 Å². The number of rotatable bonds is 4. The van der Waals surface area contributed by atoms with Crippen molar-refractivity contribution in [2.24, 2.45) is 0 Å². The number of carbonyl (C=O) groups is 1. The predicted octanol–water partition coefficient (Wildman–Crippen LogP) is 2.47.